The number of amides is 1. The average molecular weight is 329 g/mol. The summed E-state index contributed by atoms with van der Waals surface area (Å²) >= 11 is 0. The lowest BCUT2D eigenvalue weighted by Crippen LogP contribution is -2.43. The molecular weight excluding hydrogens is 314 g/mol. The predicted octanol–water partition coefficient (Wildman–Crippen LogP) is 1.50. The summed E-state index contributed by atoms with van der Waals surface area (Å²) < 4.78 is 4.71. The highest BCUT2D eigenvalue weighted by atomic mass is 16.6. The molecule has 1 amide bonds. The van der Waals surface area contributed by atoms with Gasteiger partial charge in [0.25, 0.3) is 11.6 Å². The van der Waals surface area contributed by atoms with E-state index in [4.69, 9.17) is 4.74 Å². The van der Waals surface area contributed by atoms with Gasteiger partial charge in [-0.1, -0.05) is 12.1 Å². The van der Waals surface area contributed by atoms with Crippen LogP contribution >= 0.6 is 0 Å². The number of aromatic nitrogens is 1. The summed E-state index contributed by atoms with van der Waals surface area (Å²) in [6.45, 7) is 0. The second-order valence-corrected chi connectivity index (χ2v) is 4.91. The number of non-ortho nitro benzene ring substituents is 1. The molecule has 2 rings (SSSR count). The molecule has 0 saturated carbocycles. The third-order valence-electron chi connectivity index (χ3n) is 3.32. The molecule has 0 spiro atoms. The molecular formula is C16H15N3O5. The van der Waals surface area contributed by atoms with E-state index < -0.39 is 22.8 Å². The number of hydrogen-bond acceptors (Lipinski definition) is 6. The first kappa shape index (κ1) is 17.1. The van der Waals surface area contributed by atoms with Crippen LogP contribution in [-0.2, 0) is 16.0 Å². The van der Waals surface area contributed by atoms with Gasteiger partial charge in [0.05, 0.1) is 12.0 Å². The summed E-state index contributed by atoms with van der Waals surface area (Å²) in [6.07, 6.45) is 3.10. The number of nitro benzene ring substituents is 1. The summed E-state index contributed by atoms with van der Waals surface area (Å²) in [5, 5.41) is 13.3. The highest BCUT2D eigenvalue weighted by Crippen LogP contribution is 2.14. The first-order valence-corrected chi connectivity index (χ1v) is 7.03. The molecule has 0 aliphatic carbocycles. The minimum atomic E-state index is -0.905. The monoisotopic (exact) mass is 329 g/mol. The second kappa shape index (κ2) is 7.82. The van der Waals surface area contributed by atoms with E-state index in [0.29, 0.717) is 11.1 Å². The Balaban J connectivity index is 2.12. The molecule has 1 aromatic heterocycles. The number of esters is 1. The lowest BCUT2D eigenvalue weighted by Gasteiger charge is -2.16. The van der Waals surface area contributed by atoms with Crippen LogP contribution in [0.1, 0.15) is 15.9 Å². The molecule has 0 bridgehead atoms. The molecule has 1 atom stereocenters. The van der Waals surface area contributed by atoms with Gasteiger partial charge >= 0.3 is 5.97 Å². The molecule has 0 radical (unpaired) electrons. The quantitative estimate of drug-likeness (QED) is 0.488. The Bertz CT molecular complexity index is 731. The maximum atomic E-state index is 12.2. The third-order valence-corrected chi connectivity index (χ3v) is 3.32. The highest BCUT2D eigenvalue weighted by molar-refractivity contribution is 5.96. The maximum absolute atomic E-state index is 12.2. The van der Waals surface area contributed by atoms with Gasteiger partial charge in [0.2, 0.25) is 0 Å². The average Bonchev–Trinajstić information content (AvgIpc) is 2.61. The van der Waals surface area contributed by atoms with Crippen molar-refractivity contribution in [3.05, 3.63) is 70.0 Å². The topological polar surface area (TPSA) is 111 Å². The van der Waals surface area contributed by atoms with Crippen molar-refractivity contribution in [2.24, 2.45) is 0 Å². The van der Waals surface area contributed by atoms with Crippen LogP contribution in [0.25, 0.3) is 0 Å². The van der Waals surface area contributed by atoms with Crippen LogP contribution < -0.4 is 5.32 Å². The fraction of sp³-hybridized carbons (Fsp3) is 0.188. The van der Waals surface area contributed by atoms with Gasteiger partial charge in [-0.25, -0.2) is 4.79 Å². The van der Waals surface area contributed by atoms with E-state index in [9.17, 15) is 19.7 Å². The Labute approximate surface area is 137 Å². The van der Waals surface area contributed by atoms with E-state index in [1.54, 1.807) is 0 Å². The van der Waals surface area contributed by atoms with Gasteiger partial charge in [-0.15, -0.1) is 0 Å². The molecule has 8 nitrogen and oxygen atoms in total. The number of pyridine rings is 1. The summed E-state index contributed by atoms with van der Waals surface area (Å²) in [5.41, 5.74) is 0.975. The lowest BCUT2D eigenvalue weighted by atomic mass is 10.0. The fourth-order valence-electron chi connectivity index (χ4n) is 2.07. The van der Waals surface area contributed by atoms with Crippen molar-refractivity contribution >= 4 is 17.6 Å². The number of hydrogen-bond donors (Lipinski definition) is 1. The normalized spacial score (nSPS) is 11.4. The number of rotatable bonds is 6. The van der Waals surface area contributed by atoms with Gasteiger partial charge in [-0.05, 0) is 17.7 Å². The molecule has 8 heteroatoms. The minimum absolute atomic E-state index is 0.0470. The number of nitro groups is 1. The van der Waals surface area contributed by atoms with Gasteiger partial charge in [0, 0.05) is 36.5 Å². The summed E-state index contributed by atoms with van der Waals surface area (Å²) in [6, 6.07) is 7.89. The van der Waals surface area contributed by atoms with E-state index in [2.05, 4.69) is 10.3 Å². The standard InChI is InChI=1S/C16H15N3O5/c1-24-16(21)14(18-15(20)12-6-8-17-9-7-12)10-11-2-4-13(5-3-11)19(22)23/h2-9,14H,10H2,1H3,(H,18,20)/t14-/m0/s1. The Hall–Kier alpha value is -3.29. The Morgan fingerprint density at radius 3 is 2.38 bits per heavy atom. The molecule has 0 fully saturated rings. The van der Waals surface area contributed by atoms with Crippen molar-refractivity contribution in [2.45, 2.75) is 12.5 Å². The summed E-state index contributed by atoms with van der Waals surface area (Å²) in [7, 11) is 1.23. The van der Waals surface area contributed by atoms with Crippen LogP contribution in [0.4, 0.5) is 5.69 Å². The molecule has 0 saturated heterocycles. The van der Waals surface area contributed by atoms with E-state index in [1.807, 2.05) is 0 Å². The summed E-state index contributed by atoms with van der Waals surface area (Å²) in [5.74, 6) is -1.04. The second-order valence-electron chi connectivity index (χ2n) is 4.91. The zero-order chi connectivity index (χ0) is 17.5. The Morgan fingerprint density at radius 1 is 1.21 bits per heavy atom. The lowest BCUT2D eigenvalue weighted by molar-refractivity contribution is -0.384. The van der Waals surface area contributed by atoms with E-state index in [0.717, 1.165) is 0 Å². The van der Waals surface area contributed by atoms with Gasteiger partial charge in [-0.2, -0.15) is 0 Å². The third kappa shape index (κ3) is 4.35. The van der Waals surface area contributed by atoms with Crippen molar-refractivity contribution in [2.75, 3.05) is 7.11 Å². The zero-order valence-electron chi connectivity index (χ0n) is 12.8. The molecule has 0 aliphatic heterocycles. The SMILES string of the molecule is COC(=O)[C@H](Cc1ccc([N+](=O)[O-])cc1)NC(=O)c1ccncc1. The number of carbonyl (C=O) groups is 2. The van der Waals surface area contributed by atoms with Crippen LogP contribution in [0.3, 0.4) is 0 Å². The van der Waals surface area contributed by atoms with E-state index in [1.165, 1.54) is 55.9 Å². The number of carbonyl (C=O) groups excluding carboxylic acids is 2. The first-order chi connectivity index (χ1) is 11.5. The van der Waals surface area contributed by atoms with Gasteiger partial charge < -0.3 is 10.1 Å². The van der Waals surface area contributed by atoms with Gasteiger partial charge in [-0.3, -0.25) is 19.9 Å². The minimum Gasteiger partial charge on any atom is -0.467 e. The van der Waals surface area contributed by atoms with Crippen LogP contribution in [0.15, 0.2) is 48.8 Å². The Kier molecular flexibility index (Phi) is 5.56. The van der Waals surface area contributed by atoms with Gasteiger partial charge in [0.15, 0.2) is 0 Å². The molecule has 0 unspecified atom stereocenters. The van der Waals surface area contributed by atoms with Crippen molar-refractivity contribution < 1.29 is 19.2 Å². The summed E-state index contributed by atoms with van der Waals surface area (Å²) in [4.78, 5) is 38.0. The van der Waals surface area contributed by atoms with Crippen molar-refractivity contribution in [3.63, 3.8) is 0 Å². The molecule has 1 heterocycles. The van der Waals surface area contributed by atoms with Crippen molar-refractivity contribution in [1.82, 2.24) is 10.3 Å². The molecule has 1 N–H and O–H groups in total. The van der Waals surface area contributed by atoms with Crippen LogP contribution in [0.2, 0.25) is 0 Å². The Morgan fingerprint density at radius 2 is 1.83 bits per heavy atom. The highest BCUT2D eigenvalue weighted by Gasteiger charge is 2.23. The van der Waals surface area contributed by atoms with Crippen molar-refractivity contribution in [3.8, 4) is 0 Å². The number of nitrogens with zero attached hydrogens (tertiary/aromatic N) is 2. The number of nitrogens with one attached hydrogen (secondary N) is 1. The zero-order valence-corrected chi connectivity index (χ0v) is 12.8. The molecule has 124 valence electrons. The van der Waals surface area contributed by atoms with Crippen LogP contribution in [-0.4, -0.2) is 34.9 Å². The largest absolute Gasteiger partial charge is 0.467 e. The smallest absolute Gasteiger partial charge is 0.328 e. The van der Waals surface area contributed by atoms with Crippen LogP contribution in [0.5, 0.6) is 0 Å². The maximum Gasteiger partial charge on any atom is 0.328 e. The number of ether oxygens (including phenoxy) is 1. The van der Waals surface area contributed by atoms with Crippen LogP contribution in [0, 0.1) is 10.1 Å². The van der Waals surface area contributed by atoms with E-state index >= 15 is 0 Å². The fourth-order valence-corrected chi connectivity index (χ4v) is 2.07. The molecule has 0 aliphatic rings. The first-order valence-electron chi connectivity index (χ1n) is 7.03. The molecule has 24 heavy (non-hydrogen) atoms. The van der Waals surface area contributed by atoms with Crippen molar-refractivity contribution in [1.29, 1.82) is 0 Å². The predicted molar refractivity (Wildman–Crippen MR) is 84.3 cm³/mol. The van der Waals surface area contributed by atoms with Gasteiger partial charge in [0.1, 0.15) is 6.04 Å². The van der Waals surface area contributed by atoms with E-state index in [-0.39, 0.29) is 12.1 Å². The number of benzene rings is 1. The number of methoxy groups -OCH3 is 1. The molecule has 2 aromatic rings. The molecule has 1 aromatic carbocycles.